The van der Waals surface area contributed by atoms with Crippen molar-refractivity contribution in [1.82, 2.24) is 24.4 Å². The van der Waals surface area contributed by atoms with Crippen LogP contribution in [-0.4, -0.2) is 99.7 Å². The third-order valence-corrected chi connectivity index (χ3v) is 10.2. The molecule has 1 aliphatic rings. The minimum Gasteiger partial charge on any atom is -0.411 e. The van der Waals surface area contributed by atoms with E-state index < -0.39 is 52.0 Å². The van der Waals surface area contributed by atoms with Crippen molar-refractivity contribution in [2.24, 2.45) is 17.0 Å². The van der Waals surface area contributed by atoms with E-state index in [-0.39, 0.29) is 49.1 Å². The van der Waals surface area contributed by atoms with Gasteiger partial charge in [-0.2, -0.15) is 9.57 Å². The number of nitriles is 1. The van der Waals surface area contributed by atoms with Crippen molar-refractivity contribution in [3.05, 3.63) is 95.3 Å². The number of imide groups is 1. The van der Waals surface area contributed by atoms with Crippen LogP contribution in [0.2, 0.25) is 0 Å². The summed E-state index contributed by atoms with van der Waals surface area (Å²) in [4.78, 5) is 46.9. The highest BCUT2D eigenvalue weighted by Crippen LogP contribution is 2.23. The fourth-order valence-corrected chi connectivity index (χ4v) is 7.55. The highest BCUT2D eigenvalue weighted by atomic mass is 32.2. The van der Waals surface area contributed by atoms with Crippen LogP contribution in [0.1, 0.15) is 50.1 Å². The van der Waals surface area contributed by atoms with Crippen molar-refractivity contribution >= 4 is 34.1 Å². The molecule has 3 atom stereocenters. The summed E-state index contributed by atoms with van der Waals surface area (Å²) in [6, 6.07) is 17.1. The predicted octanol–water partition coefficient (Wildman–Crippen LogP) is 2.99. The summed E-state index contributed by atoms with van der Waals surface area (Å²) in [7, 11) is -4.11. The minimum absolute atomic E-state index is 0.0219. The summed E-state index contributed by atoms with van der Waals surface area (Å²) in [6.45, 7) is 6.45. The van der Waals surface area contributed by atoms with Crippen molar-refractivity contribution in [3.8, 4) is 6.07 Å². The molecule has 0 unspecified atom stereocenters. The Morgan fingerprint density at radius 2 is 1.75 bits per heavy atom. The van der Waals surface area contributed by atoms with E-state index in [2.05, 4.69) is 15.5 Å². The van der Waals surface area contributed by atoms with Gasteiger partial charge in [-0.25, -0.2) is 18.2 Å². The van der Waals surface area contributed by atoms with Gasteiger partial charge in [0.1, 0.15) is 24.3 Å². The van der Waals surface area contributed by atoms with E-state index in [1.165, 1.54) is 51.9 Å². The first kappa shape index (κ1) is 38.6. The molecule has 4 rings (SSSR count). The van der Waals surface area contributed by atoms with E-state index >= 15 is 0 Å². The van der Waals surface area contributed by atoms with E-state index in [0.29, 0.717) is 11.1 Å². The van der Waals surface area contributed by atoms with Crippen molar-refractivity contribution in [3.63, 3.8) is 0 Å². The summed E-state index contributed by atoms with van der Waals surface area (Å²) in [5.74, 6) is -1.68. The summed E-state index contributed by atoms with van der Waals surface area (Å²) in [5, 5.41) is 35.6. The number of amides is 4. The lowest BCUT2D eigenvalue weighted by Gasteiger charge is -2.34. The molecule has 1 aromatic heterocycles. The maximum absolute atomic E-state index is 14.1. The monoisotopic (exact) mass is 717 g/mol. The summed E-state index contributed by atoms with van der Waals surface area (Å²) in [5.41, 5.74) is 1.92. The molecule has 1 aliphatic heterocycles. The van der Waals surface area contributed by atoms with Crippen LogP contribution in [0.5, 0.6) is 0 Å². The Labute approximate surface area is 298 Å². The molecular formula is C36H43N7O7S. The molecule has 0 radical (unpaired) electrons. The molecule has 14 nitrogen and oxygen atoms in total. The number of benzene rings is 2. The fraction of sp³-hybridized carbons (Fsp3) is 0.389. The van der Waals surface area contributed by atoms with Crippen LogP contribution in [0.25, 0.3) is 0 Å². The van der Waals surface area contributed by atoms with Crippen LogP contribution in [-0.2, 0) is 32.6 Å². The molecule has 0 saturated carbocycles. The van der Waals surface area contributed by atoms with Gasteiger partial charge in [0.05, 0.1) is 29.8 Å². The first-order valence-corrected chi connectivity index (χ1v) is 17.9. The number of carbonyl (C=O) groups excluding carboxylic acids is 3. The second-order valence-corrected chi connectivity index (χ2v) is 15.1. The van der Waals surface area contributed by atoms with Crippen molar-refractivity contribution in [2.45, 2.75) is 63.7 Å². The van der Waals surface area contributed by atoms with E-state index in [1.54, 1.807) is 19.9 Å². The zero-order valence-electron chi connectivity index (χ0n) is 29.0. The predicted molar refractivity (Wildman–Crippen MR) is 188 cm³/mol. The van der Waals surface area contributed by atoms with Crippen LogP contribution in [0.3, 0.4) is 0 Å². The average molecular weight is 718 g/mol. The minimum atomic E-state index is -4.11. The average Bonchev–Trinajstić information content (AvgIpc) is 3.36. The number of carbonyl (C=O) groups is 3. The fourth-order valence-electron chi connectivity index (χ4n) is 5.93. The molecule has 3 N–H and O–H groups in total. The maximum atomic E-state index is 14.1. The van der Waals surface area contributed by atoms with Gasteiger partial charge >= 0.3 is 6.03 Å². The van der Waals surface area contributed by atoms with Crippen LogP contribution >= 0.6 is 0 Å². The van der Waals surface area contributed by atoms with E-state index in [1.807, 2.05) is 50.2 Å². The van der Waals surface area contributed by atoms with Gasteiger partial charge in [-0.3, -0.25) is 14.5 Å². The third kappa shape index (κ3) is 9.75. The Kier molecular flexibility index (Phi) is 13.0. The molecular weight excluding hydrogens is 675 g/mol. The van der Waals surface area contributed by atoms with Crippen LogP contribution in [0, 0.1) is 23.2 Å². The Hall–Kier alpha value is -5.17. The quantitative estimate of drug-likeness (QED) is 0.0864. The molecule has 15 heteroatoms. The Morgan fingerprint density at radius 1 is 1.06 bits per heavy atom. The molecule has 3 aromatic rings. The molecule has 0 aliphatic carbocycles. The number of urea groups is 1. The maximum Gasteiger partial charge on any atom is 0.328 e. The molecule has 51 heavy (non-hydrogen) atoms. The molecule has 2 heterocycles. The van der Waals surface area contributed by atoms with Crippen molar-refractivity contribution in [1.29, 1.82) is 5.26 Å². The third-order valence-electron chi connectivity index (χ3n) is 8.37. The number of nitrogens with one attached hydrogen (secondary N) is 1. The standard InChI is InChI=1S/C36H43N7O7S/c1-24(2)20-41(51(49,50)30-12-10-27(11-13-30)19-39-48)22-32(44)31(17-26-8-6-5-7-9-26)40-35(46)34(25(3)4)43-23-33(45)42(36(43)47)21-28-14-15-38-29(16-28)18-37/h5-16,19,24-25,31-32,34,44,48H,17,20-23H2,1-4H3,(H,40,46)/t31-,32-,34-/m0/s1. The van der Waals surface area contributed by atoms with E-state index in [9.17, 15) is 33.2 Å². The van der Waals surface area contributed by atoms with E-state index in [0.717, 1.165) is 10.5 Å². The molecule has 0 spiro atoms. The molecule has 4 amide bonds. The second-order valence-electron chi connectivity index (χ2n) is 13.1. The van der Waals surface area contributed by atoms with Gasteiger partial charge in [0.15, 0.2) is 0 Å². The number of oxime groups is 1. The van der Waals surface area contributed by atoms with Gasteiger partial charge in [-0.15, -0.1) is 0 Å². The number of nitrogens with zero attached hydrogens (tertiary/aromatic N) is 6. The lowest BCUT2D eigenvalue weighted by molar-refractivity contribution is -0.129. The molecule has 1 fully saturated rings. The summed E-state index contributed by atoms with van der Waals surface area (Å²) in [6.07, 6.45) is 1.34. The van der Waals surface area contributed by atoms with Crippen LogP contribution < -0.4 is 5.32 Å². The molecule has 1 saturated heterocycles. The smallest absolute Gasteiger partial charge is 0.328 e. The van der Waals surface area contributed by atoms with Crippen LogP contribution in [0.15, 0.2) is 83.0 Å². The second kappa shape index (κ2) is 17.2. The van der Waals surface area contributed by atoms with E-state index in [4.69, 9.17) is 5.21 Å². The number of pyridine rings is 1. The van der Waals surface area contributed by atoms with Crippen molar-refractivity contribution < 1.29 is 33.1 Å². The zero-order valence-corrected chi connectivity index (χ0v) is 29.8. The lowest BCUT2D eigenvalue weighted by Crippen LogP contribution is -2.57. The van der Waals surface area contributed by atoms with Crippen molar-refractivity contribution in [2.75, 3.05) is 19.6 Å². The van der Waals surface area contributed by atoms with Crippen LogP contribution in [0.4, 0.5) is 4.79 Å². The highest BCUT2D eigenvalue weighted by Gasteiger charge is 2.44. The molecule has 2 aromatic carbocycles. The number of aliphatic hydroxyl groups is 1. The number of rotatable bonds is 16. The van der Waals surface area contributed by atoms with Gasteiger partial charge in [0.25, 0.3) is 5.91 Å². The largest absolute Gasteiger partial charge is 0.411 e. The number of sulfonamides is 1. The summed E-state index contributed by atoms with van der Waals surface area (Å²) < 4.78 is 28.9. The van der Waals surface area contributed by atoms with Gasteiger partial charge in [0.2, 0.25) is 15.9 Å². The normalized spacial score (nSPS) is 15.5. The molecule has 0 bridgehead atoms. The topological polar surface area (TPSA) is 197 Å². The number of hydrogen-bond acceptors (Lipinski definition) is 10. The van der Waals surface area contributed by atoms with Gasteiger partial charge in [-0.1, -0.05) is 75.3 Å². The Morgan fingerprint density at radius 3 is 2.35 bits per heavy atom. The number of aliphatic hydroxyl groups excluding tert-OH is 1. The first-order chi connectivity index (χ1) is 24.2. The summed E-state index contributed by atoms with van der Waals surface area (Å²) >= 11 is 0. The lowest BCUT2D eigenvalue weighted by atomic mass is 9.97. The zero-order chi connectivity index (χ0) is 37.3. The highest BCUT2D eigenvalue weighted by molar-refractivity contribution is 7.89. The number of hydrogen-bond donors (Lipinski definition) is 3. The first-order valence-electron chi connectivity index (χ1n) is 16.5. The van der Waals surface area contributed by atoms with Gasteiger partial charge in [0, 0.05) is 19.3 Å². The Balaban J connectivity index is 1.59. The Bertz CT molecular complexity index is 1860. The number of aromatic nitrogens is 1. The van der Waals surface area contributed by atoms with Gasteiger partial charge in [-0.05, 0) is 59.2 Å². The SMILES string of the molecule is CC(C)CN(C[C@H](O)[C@H](Cc1ccccc1)NC(=O)[C@H](C(C)C)N1CC(=O)N(Cc2ccnc(C#N)c2)C1=O)S(=O)(=O)c1ccc(C=NO)cc1. The molecule has 270 valence electrons. The van der Waals surface area contributed by atoms with Gasteiger partial charge < -0.3 is 20.5 Å².